The summed E-state index contributed by atoms with van der Waals surface area (Å²) in [7, 11) is 0. The molecule has 0 unspecified atom stereocenters. The molecule has 1 N–H and O–H groups in total. The first-order valence-corrected chi connectivity index (χ1v) is 8.85. The van der Waals surface area contributed by atoms with Gasteiger partial charge in [0, 0.05) is 10.7 Å². The summed E-state index contributed by atoms with van der Waals surface area (Å²) >= 11 is 5.95. The van der Waals surface area contributed by atoms with E-state index in [2.05, 4.69) is 26.4 Å². The Morgan fingerprint density at radius 3 is 2.57 bits per heavy atom. The molecule has 6 nitrogen and oxygen atoms in total. The van der Waals surface area contributed by atoms with Crippen LogP contribution in [-0.2, 0) is 0 Å². The number of hydrogen-bond donors (Lipinski definition) is 1. The molecule has 0 saturated carbocycles. The second-order valence-corrected chi connectivity index (χ2v) is 6.29. The Morgan fingerprint density at radius 1 is 0.964 bits per heavy atom. The number of rotatable bonds is 4. The zero-order chi connectivity index (χ0) is 19.3. The Bertz CT molecular complexity index is 1260. The summed E-state index contributed by atoms with van der Waals surface area (Å²) in [6.07, 6.45) is 0. The number of benzene rings is 3. The Morgan fingerprint density at radius 2 is 1.75 bits per heavy atom. The number of aromatic nitrogens is 2. The molecule has 0 aliphatic rings. The summed E-state index contributed by atoms with van der Waals surface area (Å²) in [5.41, 5.74) is 1.61. The normalized spacial score (nSPS) is 10.3. The van der Waals surface area contributed by atoms with E-state index in [4.69, 9.17) is 11.6 Å². The molecule has 0 fully saturated rings. The lowest BCUT2D eigenvalue weighted by atomic mass is 10.2. The minimum Gasteiger partial charge on any atom is -0.324 e. The van der Waals surface area contributed by atoms with Gasteiger partial charge in [-0.3, -0.25) is 4.79 Å². The summed E-state index contributed by atoms with van der Waals surface area (Å²) < 4.78 is 1.14. The second-order valence-electron chi connectivity index (χ2n) is 5.85. The van der Waals surface area contributed by atoms with Gasteiger partial charge in [0.2, 0.25) is 5.95 Å². The number of nitrogens with one attached hydrogen (secondary N) is 1. The number of fused-ring (bicyclic) bond motifs is 1. The molecule has 28 heavy (non-hydrogen) atoms. The Kier molecular flexibility index (Phi) is 4.97. The van der Waals surface area contributed by atoms with E-state index < -0.39 is 0 Å². The molecule has 4 aromatic rings. The van der Waals surface area contributed by atoms with Crippen molar-refractivity contribution in [1.29, 1.82) is 0 Å². The van der Waals surface area contributed by atoms with Crippen molar-refractivity contribution in [1.82, 2.24) is 9.66 Å². The molecular weight excluding hydrogens is 374 g/mol. The van der Waals surface area contributed by atoms with Crippen molar-refractivity contribution in [2.45, 2.75) is 0 Å². The van der Waals surface area contributed by atoms with E-state index in [0.29, 0.717) is 21.6 Å². The molecule has 0 bridgehead atoms. The van der Waals surface area contributed by atoms with Gasteiger partial charge >= 0.3 is 0 Å². The van der Waals surface area contributed by atoms with Gasteiger partial charge < -0.3 is 5.32 Å². The van der Waals surface area contributed by atoms with Gasteiger partial charge in [-0.15, -0.1) is 0 Å². The maximum Gasteiger partial charge on any atom is 0.284 e. The monoisotopic (exact) mass is 387 g/mol. The van der Waals surface area contributed by atoms with E-state index in [-0.39, 0.29) is 11.5 Å². The summed E-state index contributed by atoms with van der Waals surface area (Å²) in [6.45, 7) is 0. The molecular formula is C21H14ClN5O. The van der Waals surface area contributed by atoms with Crippen LogP contribution in [0.5, 0.6) is 0 Å². The van der Waals surface area contributed by atoms with Crippen LogP contribution in [0.4, 0.5) is 17.3 Å². The van der Waals surface area contributed by atoms with Crippen molar-refractivity contribution in [3.8, 4) is 0 Å². The van der Waals surface area contributed by atoms with Crippen LogP contribution in [-0.4, -0.2) is 15.7 Å². The lowest BCUT2D eigenvalue weighted by molar-refractivity contribution is 0.831. The number of aliphatic imine (C=N–C) groups is 1. The largest absolute Gasteiger partial charge is 0.324 e. The van der Waals surface area contributed by atoms with E-state index >= 15 is 0 Å². The SMILES string of the molecule is O=c1c2ccccc2nc(Nc2ccccc2)n1N=C=Nc1cccc(Cl)c1. The van der Waals surface area contributed by atoms with Crippen molar-refractivity contribution in [3.05, 3.63) is 94.2 Å². The molecule has 7 heteroatoms. The average Bonchev–Trinajstić information content (AvgIpc) is 2.71. The molecule has 0 amide bonds. The summed E-state index contributed by atoms with van der Waals surface area (Å²) in [6, 6.07) is 26.0. The molecule has 0 atom stereocenters. The molecule has 0 aliphatic heterocycles. The van der Waals surface area contributed by atoms with Gasteiger partial charge in [0.15, 0.2) is 0 Å². The molecule has 136 valence electrons. The summed E-state index contributed by atoms with van der Waals surface area (Å²) in [5, 5.41) is 8.22. The second kappa shape index (κ2) is 7.88. The first-order valence-electron chi connectivity index (χ1n) is 8.47. The van der Waals surface area contributed by atoms with Gasteiger partial charge in [-0.25, -0.2) is 4.98 Å². The number of para-hydroxylation sites is 2. The van der Waals surface area contributed by atoms with Crippen LogP contribution in [0.3, 0.4) is 0 Å². The Labute approximate surface area is 165 Å². The quantitative estimate of drug-likeness (QED) is 0.497. The van der Waals surface area contributed by atoms with Crippen molar-refractivity contribution in [2.24, 2.45) is 10.1 Å². The third-order valence-corrected chi connectivity index (χ3v) is 4.15. The minimum atomic E-state index is -0.321. The van der Waals surface area contributed by atoms with E-state index in [1.165, 1.54) is 0 Å². The highest BCUT2D eigenvalue weighted by atomic mass is 35.5. The van der Waals surface area contributed by atoms with Crippen molar-refractivity contribution >= 4 is 45.8 Å². The molecule has 3 aromatic carbocycles. The van der Waals surface area contributed by atoms with Crippen LogP contribution < -0.4 is 10.9 Å². The van der Waals surface area contributed by atoms with Crippen LogP contribution >= 0.6 is 11.6 Å². The van der Waals surface area contributed by atoms with E-state index in [9.17, 15) is 4.79 Å². The zero-order valence-corrected chi connectivity index (χ0v) is 15.3. The standard InChI is InChI=1S/C21H14ClN5O/c22-15-7-6-10-17(13-15)23-14-24-27-20(28)18-11-4-5-12-19(18)26-21(27)25-16-8-2-1-3-9-16/h1-13H,(H,25,26). The van der Waals surface area contributed by atoms with Gasteiger partial charge in [-0.1, -0.05) is 53.1 Å². The van der Waals surface area contributed by atoms with E-state index in [0.717, 1.165) is 10.4 Å². The Balaban J connectivity index is 1.83. The molecule has 0 spiro atoms. The molecule has 0 saturated heterocycles. The van der Waals surface area contributed by atoms with Crippen LogP contribution in [0, 0.1) is 0 Å². The van der Waals surface area contributed by atoms with Crippen LogP contribution in [0.15, 0.2) is 93.8 Å². The van der Waals surface area contributed by atoms with Gasteiger partial charge in [0.05, 0.1) is 16.6 Å². The summed E-state index contributed by atoms with van der Waals surface area (Å²) in [4.78, 5) is 21.6. The number of nitrogens with zero attached hydrogens (tertiary/aromatic N) is 4. The van der Waals surface area contributed by atoms with Gasteiger partial charge in [-0.05, 0) is 42.5 Å². The zero-order valence-electron chi connectivity index (χ0n) is 14.6. The first kappa shape index (κ1) is 17.7. The summed E-state index contributed by atoms with van der Waals surface area (Å²) in [5.74, 6) is 0.267. The third-order valence-electron chi connectivity index (χ3n) is 3.92. The molecule has 1 heterocycles. The number of anilines is 2. The number of halogens is 1. The van der Waals surface area contributed by atoms with Gasteiger partial charge in [0.1, 0.15) is 6.01 Å². The predicted molar refractivity (Wildman–Crippen MR) is 112 cm³/mol. The maximum absolute atomic E-state index is 12.9. The number of hydrogen-bond acceptors (Lipinski definition) is 5. The Hall–Kier alpha value is -3.73. The molecule has 4 rings (SSSR count). The van der Waals surface area contributed by atoms with Crippen LogP contribution in [0.1, 0.15) is 0 Å². The van der Waals surface area contributed by atoms with Crippen LogP contribution in [0.2, 0.25) is 5.02 Å². The van der Waals surface area contributed by atoms with Crippen LogP contribution in [0.25, 0.3) is 10.9 Å². The maximum atomic E-state index is 12.9. The average molecular weight is 388 g/mol. The smallest absolute Gasteiger partial charge is 0.284 e. The highest BCUT2D eigenvalue weighted by Gasteiger charge is 2.10. The lowest BCUT2D eigenvalue weighted by Gasteiger charge is -2.10. The predicted octanol–water partition coefficient (Wildman–Crippen LogP) is 5.06. The lowest BCUT2D eigenvalue weighted by Crippen LogP contribution is -2.20. The van der Waals surface area contributed by atoms with Crippen molar-refractivity contribution in [2.75, 3.05) is 5.32 Å². The highest BCUT2D eigenvalue weighted by molar-refractivity contribution is 6.30. The highest BCUT2D eigenvalue weighted by Crippen LogP contribution is 2.18. The van der Waals surface area contributed by atoms with E-state index in [1.54, 1.807) is 42.5 Å². The van der Waals surface area contributed by atoms with Crippen molar-refractivity contribution < 1.29 is 0 Å². The molecule has 0 aliphatic carbocycles. The fourth-order valence-corrected chi connectivity index (χ4v) is 2.80. The fraction of sp³-hybridized carbons (Fsp3) is 0. The minimum absolute atomic E-state index is 0.267. The van der Waals surface area contributed by atoms with E-state index in [1.807, 2.05) is 36.4 Å². The third kappa shape index (κ3) is 3.83. The topological polar surface area (TPSA) is 71.6 Å². The van der Waals surface area contributed by atoms with Crippen molar-refractivity contribution in [3.63, 3.8) is 0 Å². The van der Waals surface area contributed by atoms with Gasteiger partial charge in [0.25, 0.3) is 5.56 Å². The van der Waals surface area contributed by atoms with Gasteiger partial charge in [-0.2, -0.15) is 9.67 Å². The first-order chi connectivity index (χ1) is 13.7. The molecule has 0 radical (unpaired) electrons. The fourth-order valence-electron chi connectivity index (χ4n) is 2.62. The molecule has 1 aromatic heterocycles.